The highest BCUT2D eigenvalue weighted by Gasteiger charge is 2.29. The second-order valence-electron chi connectivity index (χ2n) is 8.13. The van der Waals surface area contributed by atoms with E-state index in [9.17, 15) is 9.60 Å². The second-order valence-corrected chi connectivity index (χ2v) is 14.2. The number of nitrogens with one attached hydrogen (secondary N) is 2. The van der Waals surface area contributed by atoms with Gasteiger partial charge in [-0.1, -0.05) is 36.4 Å². The van der Waals surface area contributed by atoms with Gasteiger partial charge in [0.1, 0.15) is 5.82 Å². The van der Waals surface area contributed by atoms with Gasteiger partial charge in [-0.2, -0.15) is 4.99 Å². The topological polar surface area (TPSA) is 127 Å². The summed E-state index contributed by atoms with van der Waals surface area (Å²) in [6.45, 7) is 7.26. The molecule has 0 unspecified atom stereocenters. The van der Waals surface area contributed by atoms with Gasteiger partial charge in [-0.25, -0.2) is 9.02 Å². The summed E-state index contributed by atoms with van der Waals surface area (Å²) >= 11 is 5.87. The summed E-state index contributed by atoms with van der Waals surface area (Å²) < 4.78 is 18.3. The molecule has 0 saturated carbocycles. The van der Waals surface area contributed by atoms with Crippen molar-refractivity contribution >= 4 is 43.0 Å². The fourth-order valence-corrected chi connectivity index (χ4v) is 3.49. The molecule has 0 bridgehead atoms. The monoisotopic (exact) mass is 485 g/mol. The van der Waals surface area contributed by atoms with Crippen LogP contribution >= 0.6 is 11.6 Å². The van der Waals surface area contributed by atoms with Crippen LogP contribution in [0.25, 0.3) is 0 Å². The molecule has 2 aromatic rings. The summed E-state index contributed by atoms with van der Waals surface area (Å²) in [5, 5.41) is 23.4. The Morgan fingerprint density at radius 1 is 1.38 bits per heavy atom. The zero-order valence-corrected chi connectivity index (χ0v) is 20.1. The average molecular weight is 486 g/mol. The Hall–Kier alpha value is -2.78. The largest absolute Gasteiger partial charge is 0.409 e. The van der Waals surface area contributed by atoms with Crippen LogP contribution in [0.1, 0.15) is 5.69 Å². The zero-order chi connectivity index (χ0) is 23.5. The van der Waals surface area contributed by atoms with Gasteiger partial charge in [0.2, 0.25) is 11.7 Å². The molecule has 3 rings (SSSR count). The predicted molar refractivity (Wildman–Crippen MR) is 120 cm³/mol. The van der Waals surface area contributed by atoms with Crippen molar-refractivity contribution in [2.24, 2.45) is 10.1 Å². The van der Waals surface area contributed by atoms with Crippen LogP contribution in [0.4, 0.5) is 15.9 Å². The fraction of sp³-hybridized carbons (Fsp3) is 0.412. The van der Waals surface area contributed by atoms with Crippen molar-refractivity contribution in [3.05, 3.63) is 34.7 Å². The molecule has 2 heterocycles. The number of aliphatic imine (C=N–C) groups is 1. The predicted octanol–water partition coefficient (Wildman–Crippen LogP) is 2.56. The third kappa shape index (κ3) is 5.52. The molecule has 1 aliphatic heterocycles. The van der Waals surface area contributed by atoms with Crippen LogP contribution in [0.5, 0.6) is 0 Å². The van der Waals surface area contributed by atoms with Crippen LogP contribution in [-0.2, 0) is 4.84 Å². The molecule has 0 atom stereocenters. The Bertz CT molecular complexity index is 1010. The number of amidine groups is 1. The minimum absolute atomic E-state index is 0.0243. The minimum atomic E-state index is -1.29. The molecule has 1 saturated heterocycles. The Balaban J connectivity index is 1.84. The normalized spacial score (nSPS) is 16.7. The Morgan fingerprint density at radius 2 is 2.12 bits per heavy atom. The van der Waals surface area contributed by atoms with E-state index in [0.717, 1.165) is 6.04 Å². The van der Waals surface area contributed by atoms with E-state index in [0.29, 0.717) is 12.3 Å². The lowest BCUT2D eigenvalue weighted by Gasteiger charge is -2.23. The van der Waals surface area contributed by atoms with E-state index in [1.165, 1.54) is 28.3 Å². The van der Waals surface area contributed by atoms with Crippen molar-refractivity contribution < 1.29 is 19.1 Å². The molecule has 15 heteroatoms. The summed E-state index contributed by atoms with van der Waals surface area (Å²) in [6, 6.07) is 5.00. The number of halogens is 2. The molecular weight excluding hydrogens is 461 g/mol. The van der Waals surface area contributed by atoms with E-state index in [1.807, 2.05) is 0 Å². The van der Waals surface area contributed by atoms with Crippen molar-refractivity contribution in [2.45, 2.75) is 25.7 Å². The fourth-order valence-electron chi connectivity index (χ4n) is 2.61. The number of hydrogen-bond donors (Lipinski definition) is 3. The Kier molecular flexibility index (Phi) is 7.30. The molecule has 174 valence electrons. The third-order valence-electron chi connectivity index (χ3n) is 4.45. The van der Waals surface area contributed by atoms with Crippen molar-refractivity contribution in [3.8, 4) is 0 Å². The number of oxime groups is 1. The number of hydrogen-bond acceptors (Lipinski definition) is 9. The highest BCUT2D eigenvalue weighted by atomic mass is 35.5. The first kappa shape index (κ1) is 23.9. The van der Waals surface area contributed by atoms with Crippen LogP contribution in [0.2, 0.25) is 30.7 Å². The van der Waals surface area contributed by atoms with Gasteiger partial charge >= 0.3 is 0 Å². The summed E-state index contributed by atoms with van der Waals surface area (Å²) in [6.07, 6.45) is 0. The molecule has 1 aromatic heterocycles. The number of hydrazine groups is 3. The Labute approximate surface area is 190 Å². The average Bonchev–Trinajstić information content (AvgIpc) is 3.31. The molecule has 1 aliphatic rings. The van der Waals surface area contributed by atoms with Gasteiger partial charge in [0.05, 0.1) is 11.6 Å². The summed E-state index contributed by atoms with van der Waals surface area (Å²) in [5.74, 6) is -0.320. The molecular formula is C17H25ClFN9O3Si. The summed E-state index contributed by atoms with van der Waals surface area (Å²) in [5.41, 5.74) is 6.19. The third-order valence-corrected chi connectivity index (χ3v) is 6.44. The molecule has 0 radical (unpaired) electrons. The lowest BCUT2D eigenvalue weighted by atomic mass is 10.2. The van der Waals surface area contributed by atoms with Gasteiger partial charge in [0.25, 0.3) is 5.96 Å². The molecule has 0 amide bonds. The molecule has 3 N–H and O–H groups in total. The first-order valence-corrected chi connectivity index (χ1v) is 13.7. The first-order chi connectivity index (χ1) is 15.1. The van der Waals surface area contributed by atoms with Crippen LogP contribution < -0.4 is 15.9 Å². The lowest BCUT2D eigenvalue weighted by Crippen LogP contribution is -2.40. The van der Waals surface area contributed by atoms with E-state index in [1.54, 1.807) is 19.2 Å². The molecule has 1 aromatic carbocycles. The van der Waals surface area contributed by atoms with Gasteiger partial charge < -0.3 is 10.1 Å². The molecule has 12 nitrogen and oxygen atoms in total. The summed E-state index contributed by atoms with van der Waals surface area (Å²) in [7, 11) is 2.03. The molecule has 0 aliphatic carbocycles. The zero-order valence-electron chi connectivity index (χ0n) is 18.3. The van der Waals surface area contributed by atoms with E-state index in [2.05, 4.69) is 51.1 Å². The van der Waals surface area contributed by atoms with Gasteiger partial charge in [-0.05, 0) is 34.6 Å². The van der Waals surface area contributed by atoms with E-state index in [4.69, 9.17) is 21.1 Å². The lowest BCUT2D eigenvalue weighted by molar-refractivity contribution is -0.220. The van der Waals surface area contributed by atoms with E-state index in [-0.39, 0.29) is 28.3 Å². The standard InChI is InChI=1S/C17H25ClFN9O3Si/c1-26(11-6-7-13(19)12(18)10-11)16(22-29)14-15(24-31-23-14)20-17-21-25-27(2)28(17)30-8-9-32(3,4)5/h6-7,10,25,29H,8-9H2,1-5H3,(H,20,21,24). The molecule has 0 spiro atoms. The highest BCUT2D eigenvalue weighted by Crippen LogP contribution is 2.25. The number of guanidine groups is 1. The van der Waals surface area contributed by atoms with Gasteiger partial charge in [-0.15, -0.1) is 15.8 Å². The van der Waals surface area contributed by atoms with Crippen molar-refractivity contribution in [1.29, 1.82) is 0 Å². The number of benzene rings is 1. The maximum atomic E-state index is 13.5. The number of hydroxylamine groups is 1. The van der Waals surface area contributed by atoms with Crippen molar-refractivity contribution in [3.63, 3.8) is 0 Å². The van der Waals surface area contributed by atoms with Gasteiger partial charge in [-0.3, -0.25) is 10.3 Å². The number of anilines is 1. The van der Waals surface area contributed by atoms with Crippen molar-refractivity contribution in [1.82, 2.24) is 31.6 Å². The van der Waals surface area contributed by atoms with Crippen LogP contribution in [0.15, 0.2) is 33.0 Å². The number of aromatic nitrogens is 2. The number of rotatable bonds is 7. The number of nitrogens with zero attached hydrogens (tertiary/aromatic N) is 7. The quantitative estimate of drug-likeness (QED) is 0.177. The van der Waals surface area contributed by atoms with Crippen LogP contribution in [-0.4, -0.2) is 66.4 Å². The molecule has 32 heavy (non-hydrogen) atoms. The first-order valence-electron chi connectivity index (χ1n) is 9.61. The maximum Gasteiger partial charge on any atom is 0.258 e. The summed E-state index contributed by atoms with van der Waals surface area (Å²) in [4.78, 5) is 11.7. The Morgan fingerprint density at radius 3 is 2.78 bits per heavy atom. The van der Waals surface area contributed by atoms with Crippen LogP contribution in [0.3, 0.4) is 0 Å². The van der Waals surface area contributed by atoms with E-state index >= 15 is 0 Å². The van der Waals surface area contributed by atoms with Crippen molar-refractivity contribution in [2.75, 3.05) is 25.6 Å². The van der Waals surface area contributed by atoms with Gasteiger partial charge in [0, 0.05) is 27.9 Å². The SMILES string of the molecule is CN(C(=NO)c1nonc1N=C1NNN(C)N1OCC[Si](C)(C)C)c1ccc(F)c(Cl)c1. The molecule has 1 fully saturated rings. The van der Waals surface area contributed by atoms with Gasteiger partial charge in [0.15, 0.2) is 5.69 Å². The highest BCUT2D eigenvalue weighted by molar-refractivity contribution is 6.76. The van der Waals surface area contributed by atoms with Crippen LogP contribution in [0, 0.1) is 5.82 Å². The smallest absolute Gasteiger partial charge is 0.258 e. The minimum Gasteiger partial charge on any atom is -0.409 e. The maximum absolute atomic E-state index is 13.5. The van der Waals surface area contributed by atoms with E-state index < -0.39 is 13.9 Å². The second kappa shape index (κ2) is 9.79.